The molecule has 0 bridgehead atoms. The standard InChI is InChI=1S/C24H29NO5/c1-3-18-6-8-19(9-7-18)17(2)25-23(26)16-30-24(27)20-10-12-21(13-11-20)29-15-22-5-4-14-28-22/h6-13,17,22H,3-5,14-16H2,1-2H3,(H,25,26)/t17-,22+/m0/s1. The second-order valence-corrected chi connectivity index (χ2v) is 7.43. The van der Waals surface area contributed by atoms with Crippen molar-refractivity contribution in [3.63, 3.8) is 0 Å². The van der Waals surface area contributed by atoms with Gasteiger partial charge in [0.05, 0.1) is 17.7 Å². The molecule has 0 aliphatic carbocycles. The molecule has 1 saturated heterocycles. The number of esters is 1. The van der Waals surface area contributed by atoms with Gasteiger partial charge in [-0.1, -0.05) is 31.2 Å². The van der Waals surface area contributed by atoms with Gasteiger partial charge in [-0.15, -0.1) is 0 Å². The van der Waals surface area contributed by atoms with Gasteiger partial charge in [-0.2, -0.15) is 0 Å². The van der Waals surface area contributed by atoms with Crippen LogP contribution in [0.5, 0.6) is 5.75 Å². The zero-order chi connectivity index (χ0) is 21.3. The molecule has 0 saturated carbocycles. The van der Waals surface area contributed by atoms with Crippen LogP contribution in [0.4, 0.5) is 0 Å². The van der Waals surface area contributed by atoms with Crippen molar-refractivity contribution in [2.75, 3.05) is 19.8 Å². The molecule has 2 aromatic carbocycles. The molecular formula is C24H29NO5. The lowest BCUT2D eigenvalue weighted by Crippen LogP contribution is -2.31. The Morgan fingerprint density at radius 1 is 1.13 bits per heavy atom. The summed E-state index contributed by atoms with van der Waals surface area (Å²) >= 11 is 0. The molecule has 6 heteroatoms. The fraction of sp³-hybridized carbons (Fsp3) is 0.417. The van der Waals surface area contributed by atoms with Crippen molar-refractivity contribution in [3.8, 4) is 5.75 Å². The summed E-state index contributed by atoms with van der Waals surface area (Å²) in [6.07, 6.45) is 3.19. The van der Waals surface area contributed by atoms with E-state index in [0.717, 1.165) is 31.4 Å². The second kappa shape index (κ2) is 10.8. The van der Waals surface area contributed by atoms with Gasteiger partial charge in [0.1, 0.15) is 12.4 Å². The Morgan fingerprint density at radius 3 is 2.50 bits per heavy atom. The number of hydrogen-bond acceptors (Lipinski definition) is 5. The monoisotopic (exact) mass is 411 g/mol. The van der Waals surface area contributed by atoms with Crippen LogP contribution in [0.15, 0.2) is 48.5 Å². The van der Waals surface area contributed by atoms with Crippen molar-refractivity contribution in [1.29, 1.82) is 0 Å². The molecule has 2 atom stereocenters. The highest BCUT2D eigenvalue weighted by Crippen LogP contribution is 2.17. The normalized spacial score (nSPS) is 16.7. The summed E-state index contributed by atoms with van der Waals surface area (Å²) < 4.78 is 16.3. The number of nitrogens with one attached hydrogen (secondary N) is 1. The molecule has 160 valence electrons. The van der Waals surface area contributed by atoms with E-state index in [2.05, 4.69) is 12.2 Å². The predicted molar refractivity (Wildman–Crippen MR) is 114 cm³/mol. The first-order valence-electron chi connectivity index (χ1n) is 10.4. The largest absolute Gasteiger partial charge is 0.491 e. The third kappa shape index (κ3) is 6.32. The Balaban J connectivity index is 1.41. The van der Waals surface area contributed by atoms with Gasteiger partial charge in [-0.05, 0) is 61.6 Å². The Bertz CT molecular complexity index is 826. The summed E-state index contributed by atoms with van der Waals surface area (Å²) in [7, 11) is 0. The Labute approximate surface area is 177 Å². The zero-order valence-electron chi connectivity index (χ0n) is 17.6. The number of amides is 1. The maximum absolute atomic E-state index is 12.2. The maximum Gasteiger partial charge on any atom is 0.338 e. The van der Waals surface area contributed by atoms with Crippen LogP contribution < -0.4 is 10.1 Å². The van der Waals surface area contributed by atoms with Crippen molar-refractivity contribution in [2.45, 2.75) is 45.3 Å². The molecule has 1 amide bonds. The van der Waals surface area contributed by atoms with Crippen LogP contribution in [0.25, 0.3) is 0 Å². The van der Waals surface area contributed by atoms with Crippen molar-refractivity contribution in [2.24, 2.45) is 0 Å². The summed E-state index contributed by atoms with van der Waals surface area (Å²) in [5, 5.41) is 2.85. The first kappa shape index (κ1) is 21.8. The predicted octanol–water partition coefficient (Wildman–Crippen LogP) is 3.84. The lowest BCUT2D eigenvalue weighted by molar-refractivity contribution is -0.124. The molecule has 3 rings (SSSR count). The van der Waals surface area contributed by atoms with Crippen LogP contribution in [0, 0.1) is 0 Å². The Morgan fingerprint density at radius 2 is 1.87 bits per heavy atom. The number of hydrogen-bond donors (Lipinski definition) is 1. The lowest BCUT2D eigenvalue weighted by Gasteiger charge is -2.15. The molecular weight excluding hydrogens is 382 g/mol. The van der Waals surface area contributed by atoms with E-state index in [1.807, 2.05) is 31.2 Å². The summed E-state index contributed by atoms with van der Waals surface area (Å²) in [4.78, 5) is 24.3. The third-order valence-electron chi connectivity index (χ3n) is 5.15. The SMILES string of the molecule is CCc1ccc([C@H](C)NC(=O)COC(=O)c2ccc(OC[C@H]3CCCO3)cc2)cc1. The molecule has 0 unspecified atom stereocenters. The molecule has 0 radical (unpaired) electrons. The van der Waals surface area contributed by atoms with E-state index in [1.165, 1.54) is 5.56 Å². The lowest BCUT2D eigenvalue weighted by atomic mass is 10.1. The Kier molecular flexibility index (Phi) is 7.85. The fourth-order valence-corrected chi connectivity index (χ4v) is 3.28. The minimum Gasteiger partial charge on any atom is -0.491 e. The van der Waals surface area contributed by atoms with Gasteiger partial charge in [0, 0.05) is 6.61 Å². The van der Waals surface area contributed by atoms with Gasteiger partial charge in [-0.25, -0.2) is 4.79 Å². The van der Waals surface area contributed by atoms with Crippen LogP contribution >= 0.6 is 0 Å². The van der Waals surface area contributed by atoms with E-state index in [-0.39, 0.29) is 24.7 Å². The minimum absolute atomic E-state index is 0.139. The van der Waals surface area contributed by atoms with E-state index in [0.29, 0.717) is 17.9 Å². The number of aryl methyl sites for hydroxylation is 1. The number of benzene rings is 2. The molecule has 6 nitrogen and oxygen atoms in total. The number of carbonyl (C=O) groups is 2. The molecule has 1 heterocycles. The van der Waals surface area contributed by atoms with Crippen LogP contribution in [0.2, 0.25) is 0 Å². The number of ether oxygens (including phenoxy) is 3. The zero-order valence-corrected chi connectivity index (χ0v) is 17.6. The summed E-state index contributed by atoms with van der Waals surface area (Å²) in [6, 6.07) is 14.6. The maximum atomic E-state index is 12.2. The van der Waals surface area contributed by atoms with Gasteiger partial charge in [0.15, 0.2) is 6.61 Å². The van der Waals surface area contributed by atoms with Crippen LogP contribution in [0.3, 0.4) is 0 Å². The topological polar surface area (TPSA) is 73.9 Å². The van der Waals surface area contributed by atoms with Crippen molar-refractivity contribution < 1.29 is 23.8 Å². The molecule has 0 spiro atoms. The summed E-state index contributed by atoms with van der Waals surface area (Å²) in [6.45, 7) is 4.96. The molecule has 1 N–H and O–H groups in total. The van der Waals surface area contributed by atoms with E-state index >= 15 is 0 Å². The smallest absolute Gasteiger partial charge is 0.338 e. The van der Waals surface area contributed by atoms with Gasteiger partial charge < -0.3 is 19.5 Å². The summed E-state index contributed by atoms with van der Waals surface area (Å²) in [5.41, 5.74) is 2.62. The number of carbonyl (C=O) groups excluding carboxylic acids is 2. The van der Waals surface area contributed by atoms with Gasteiger partial charge in [0.2, 0.25) is 0 Å². The fourth-order valence-electron chi connectivity index (χ4n) is 3.28. The van der Waals surface area contributed by atoms with Crippen LogP contribution in [-0.4, -0.2) is 37.8 Å². The number of rotatable bonds is 9. The van der Waals surface area contributed by atoms with E-state index in [1.54, 1.807) is 24.3 Å². The van der Waals surface area contributed by atoms with Gasteiger partial charge in [-0.3, -0.25) is 4.79 Å². The Hall–Kier alpha value is -2.86. The van der Waals surface area contributed by atoms with Gasteiger partial charge >= 0.3 is 5.97 Å². The average molecular weight is 411 g/mol. The third-order valence-corrected chi connectivity index (χ3v) is 5.15. The second-order valence-electron chi connectivity index (χ2n) is 7.43. The first-order valence-corrected chi connectivity index (χ1v) is 10.4. The first-order chi connectivity index (χ1) is 14.5. The van der Waals surface area contributed by atoms with E-state index in [9.17, 15) is 9.59 Å². The van der Waals surface area contributed by atoms with E-state index < -0.39 is 5.97 Å². The highest BCUT2D eigenvalue weighted by Gasteiger charge is 2.16. The molecule has 2 aromatic rings. The van der Waals surface area contributed by atoms with Crippen LogP contribution in [0.1, 0.15) is 54.2 Å². The highest BCUT2D eigenvalue weighted by molar-refractivity contribution is 5.91. The molecule has 1 fully saturated rings. The summed E-state index contributed by atoms with van der Waals surface area (Å²) in [5.74, 6) is -0.217. The molecule has 30 heavy (non-hydrogen) atoms. The van der Waals surface area contributed by atoms with Crippen molar-refractivity contribution in [3.05, 3.63) is 65.2 Å². The quantitative estimate of drug-likeness (QED) is 0.635. The minimum atomic E-state index is -0.546. The van der Waals surface area contributed by atoms with Gasteiger partial charge in [0.25, 0.3) is 5.91 Å². The van der Waals surface area contributed by atoms with Crippen LogP contribution in [-0.2, 0) is 20.7 Å². The molecule has 0 aromatic heterocycles. The molecule has 1 aliphatic rings. The van der Waals surface area contributed by atoms with Crippen molar-refractivity contribution in [1.82, 2.24) is 5.32 Å². The van der Waals surface area contributed by atoms with Crippen molar-refractivity contribution >= 4 is 11.9 Å². The average Bonchev–Trinajstić information content (AvgIpc) is 3.30. The highest BCUT2D eigenvalue weighted by atomic mass is 16.5. The molecule has 1 aliphatic heterocycles. The van der Waals surface area contributed by atoms with E-state index in [4.69, 9.17) is 14.2 Å².